The molecule has 0 unspecified atom stereocenters. The van der Waals surface area contributed by atoms with E-state index in [-0.39, 0.29) is 0 Å². The lowest BCUT2D eigenvalue weighted by atomic mass is 9.87. The van der Waals surface area contributed by atoms with Crippen LogP contribution in [0.1, 0.15) is 46.5 Å². The van der Waals surface area contributed by atoms with Gasteiger partial charge in [-0.1, -0.05) is 20.8 Å². The predicted molar refractivity (Wildman–Crippen MR) is 72.1 cm³/mol. The third-order valence-electron chi connectivity index (χ3n) is 3.63. The molecule has 1 N–H and O–H groups in total. The van der Waals surface area contributed by atoms with E-state index in [0.29, 0.717) is 12.0 Å². The monoisotopic (exact) mass is 235 g/mol. The summed E-state index contributed by atoms with van der Waals surface area (Å²) in [5.74, 6) is 2.62. The zero-order chi connectivity index (χ0) is 12.3. The molecule has 1 aliphatic rings. The molecule has 0 radical (unpaired) electrons. The highest BCUT2D eigenvalue weighted by Gasteiger charge is 2.19. The van der Waals surface area contributed by atoms with E-state index in [1.54, 1.807) is 0 Å². The second-order valence-electron chi connectivity index (χ2n) is 5.90. The molecule has 1 fully saturated rings. The Morgan fingerprint density at radius 3 is 2.71 bits per heavy atom. The molecule has 1 aliphatic carbocycles. The van der Waals surface area contributed by atoms with Gasteiger partial charge in [-0.2, -0.15) is 0 Å². The minimum atomic E-state index is 0.625. The van der Waals surface area contributed by atoms with Crippen LogP contribution >= 0.6 is 0 Å². The van der Waals surface area contributed by atoms with Crippen LogP contribution in [0.4, 0.5) is 5.95 Å². The lowest BCUT2D eigenvalue weighted by Gasteiger charge is -2.27. The van der Waals surface area contributed by atoms with Crippen LogP contribution in [-0.2, 0) is 6.54 Å². The van der Waals surface area contributed by atoms with Gasteiger partial charge in [-0.15, -0.1) is 0 Å². The maximum Gasteiger partial charge on any atom is 0.202 e. The van der Waals surface area contributed by atoms with Crippen LogP contribution in [0.15, 0.2) is 12.4 Å². The molecule has 0 aromatic carbocycles. The number of anilines is 1. The summed E-state index contributed by atoms with van der Waals surface area (Å²) >= 11 is 0. The van der Waals surface area contributed by atoms with E-state index < -0.39 is 0 Å². The molecule has 17 heavy (non-hydrogen) atoms. The molecule has 0 amide bonds. The summed E-state index contributed by atoms with van der Waals surface area (Å²) in [5, 5.41) is 3.61. The first-order valence-electron chi connectivity index (χ1n) is 6.93. The van der Waals surface area contributed by atoms with E-state index in [4.69, 9.17) is 0 Å². The molecule has 2 rings (SSSR count). The van der Waals surface area contributed by atoms with Crippen molar-refractivity contribution >= 4 is 5.95 Å². The first-order valence-corrected chi connectivity index (χ1v) is 6.93. The summed E-state index contributed by atoms with van der Waals surface area (Å²) in [6.07, 6.45) is 9.25. The molecule has 0 saturated heterocycles. The van der Waals surface area contributed by atoms with Crippen LogP contribution in [0.5, 0.6) is 0 Å². The Hall–Kier alpha value is -0.990. The Morgan fingerprint density at radius 1 is 1.35 bits per heavy atom. The van der Waals surface area contributed by atoms with Crippen molar-refractivity contribution in [1.29, 1.82) is 0 Å². The van der Waals surface area contributed by atoms with Crippen molar-refractivity contribution in [3.05, 3.63) is 12.4 Å². The average Bonchev–Trinajstić information content (AvgIpc) is 2.68. The number of imidazole rings is 1. The molecule has 1 aromatic rings. The van der Waals surface area contributed by atoms with Crippen LogP contribution in [-0.4, -0.2) is 15.6 Å². The van der Waals surface area contributed by atoms with Crippen LogP contribution in [0.2, 0.25) is 0 Å². The largest absolute Gasteiger partial charge is 0.353 e. The molecule has 0 spiro atoms. The van der Waals surface area contributed by atoms with E-state index in [1.165, 1.54) is 25.7 Å². The average molecular weight is 235 g/mol. The lowest BCUT2D eigenvalue weighted by molar-refractivity contribution is 0.359. The number of hydrogen-bond acceptors (Lipinski definition) is 2. The number of hydrogen-bond donors (Lipinski definition) is 1. The van der Waals surface area contributed by atoms with E-state index in [1.807, 2.05) is 6.20 Å². The van der Waals surface area contributed by atoms with Crippen LogP contribution in [0.3, 0.4) is 0 Å². The minimum absolute atomic E-state index is 0.625. The second-order valence-corrected chi connectivity index (χ2v) is 5.90. The third kappa shape index (κ3) is 3.48. The number of aromatic nitrogens is 2. The van der Waals surface area contributed by atoms with Gasteiger partial charge in [0.05, 0.1) is 0 Å². The lowest BCUT2D eigenvalue weighted by Crippen LogP contribution is -2.27. The normalized spacial score (nSPS) is 25.2. The summed E-state index contributed by atoms with van der Waals surface area (Å²) in [5.41, 5.74) is 0. The topological polar surface area (TPSA) is 29.9 Å². The number of nitrogens with zero attached hydrogens (tertiary/aromatic N) is 2. The summed E-state index contributed by atoms with van der Waals surface area (Å²) in [4.78, 5) is 4.43. The van der Waals surface area contributed by atoms with Gasteiger partial charge in [0.2, 0.25) is 5.95 Å². The second kappa shape index (κ2) is 5.56. The van der Waals surface area contributed by atoms with Gasteiger partial charge in [-0.05, 0) is 37.5 Å². The van der Waals surface area contributed by atoms with Crippen molar-refractivity contribution in [2.75, 3.05) is 5.32 Å². The van der Waals surface area contributed by atoms with E-state index in [9.17, 15) is 0 Å². The van der Waals surface area contributed by atoms with E-state index in [2.05, 4.69) is 41.8 Å². The van der Waals surface area contributed by atoms with Crippen molar-refractivity contribution in [1.82, 2.24) is 9.55 Å². The van der Waals surface area contributed by atoms with E-state index in [0.717, 1.165) is 18.4 Å². The summed E-state index contributed by atoms with van der Waals surface area (Å²) < 4.78 is 2.24. The van der Waals surface area contributed by atoms with Gasteiger partial charge in [0.15, 0.2) is 0 Å². The summed E-state index contributed by atoms with van der Waals surface area (Å²) in [7, 11) is 0. The molecular weight excluding hydrogens is 210 g/mol. The standard InChI is InChI=1S/C14H25N3/c1-11(2)10-17-9-8-15-14(17)16-13-6-4-12(3)5-7-13/h8-9,11-13H,4-7,10H2,1-3H3,(H,15,16). The molecule has 1 aromatic heterocycles. The number of rotatable bonds is 4. The zero-order valence-electron chi connectivity index (χ0n) is 11.3. The molecule has 3 heteroatoms. The fraction of sp³-hybridized carbons (Fsp3) is 0.786. The summed E-state index contributed by atoms with van der Waals surface area (Å²) in [6.45, 7) is 7.89. The molecule has 3 nitrogen and oxygen atoms in total. The van der Waals surface area contributed by atoms with Gasteiger partial charge in [0.1, 0.15) is 0 Å². The van der Waals surface area contributed by atoms with Gasteiger partial charge in [-0.3, -0.25) is 0 Å². The third-order valence-corrected chi connectivity index (χ3v) is 3.63. The van der Waals surface area contributed by atoms with Gasteiger partial charge >= 0.3 is 0 Å². The first kappa shape index (κ1) is 12.5. The Balaban J connectivity index is 1.92. The SMILES string of the molecule is CC(C)Cn1ccnc1NC1CCC(C)CC1. The van der Waals surface area contributed by atoms with E-state index >= 15 is 0 Å². The van der Waals surface area contributed by atoms with Crippen LogP contribution in [0.25, 0.3) is 0 Å². The van der Waals surface area contributed by atoms with Crippen molar-refractivity contribution in [2.24, 2.45) is 11.8 Å². The molecule has 0 aliphatic heterocycles. The van der Waals surface area contributed by atoms with Crippen molar-refractivity contribution in [2.45, 2.75) is 59.0 Å². The van der Waals surface area contributed by atoms with Gasteiger partial charge in [0.25, 0.3) is 0 Å². The highest BCUT2D eigenvalue weighted by atomic mass is 15.2. The van der Waals surface area contributed by atoms with Crippen LogP contribution in [0, 0.1) is 11.8 Å². The van der Waals surface area contributed by atoms with Gasteiger partial charge in [-0.25, -0.2) is 4.98 Å². The highest BCUT2D eigenvalue weighted by Crippen LogP contribution is 2.25. The minimum Gasteiger partial charge on any atom is -0.353 e. The molecular formula is C14H25N3. The summed E-state index contributed by atoms with van der Waals surface area (Å²) in [6, 6.07) is 0.625. The Bertz CT molecular complexity index is 335. The van der Waals surface area contributed by atoms with Gasteiger partial charge in [0, 0.05) is 25.0 Å². The molecule has 1 heterocycles. The zero-order valence-corrected chi connectivity index (χ0v) is 11.3. The van der Waals surface area contributed by atoms with Crippen molar-refractivity contribution in [3.63, 3.8) is 0 Å². The van der Waals surface area contributed by atoms with Crippen molar-refractivity contribution < 1.29 is 0 Å². The smallest absolute Gasteiger partial charge is 0.202 e. The Labute approximate surface area is 105 Å². The van der Waals surface area contributed by atoms with Crippen LogP contribution < -0.4 is 5.32 Å². The Kier molecular flexibility index (Phi) is 4.08. The maximum atomic E-state index is 4.43. The number of nitrogens with one attached hydrogen (secondary N) is 1. The predicted octanol–water partition coefficient (Wildman–Crippen LogP) is 3.53. The molecule has 1 saturated carbocycles. The molecule has 0 atom stereocenters. The first-order chi connectivity index (χ1) is 8.15. The van der Waals surface area contributed by atoms with Gasteiger partial charge < -0.3 is 9.88 Å². The fourth-order valence-corrected chi connectivity index (χ4v) is 2.58. The van der Waals surface area contributed by atoms with Crippen molar-refractivity contribution in [3.8, 4) is 0 Å². The fourth-order valence-electron chi connectivity index (χ4n) is 2.58. The Morgan fingerprint density at radius 2 is 2.06 bits per heavy atom. The highest BCUT2D eigenvalue weighted by molar-refractivity contribution is 5.27. The quantitative estimate of drug-likeness (QED) is 0.865. The maximum absolute atomic E-state index is 4.43. The molecule has 96 valence electrons. The molecule has 0 bridgehead atoms.